The predicted octanol–water partition coefficient (Wildman–Crippen LogP) is 0.422. The zero-order valence-corrected chi connectivity index (χ0v) is 10.1. The maximum Gasteiger partial charge on any atom is 0.329 e. The molecule has 1 saturated carbocycles. The Labute approximate surface area is 99.9 Å². The summed E-state index contributed by atoms with van der Waals surface area (Å²) in [4.78, 5) is 24.5. The van der Waals surface area contributed by atoms with Crippen LogP contribution in [0.3, 0.4) is 0 Å². The summed E-state index contributed by atoms with van der Waals surface area (Å²) in [5, 5.41) is 11.6. The van der Waals surface area contributed by atoms with E-state index in [0.29, 0.717) is 25.9 Å². The highest BCUT2D eigenvalue weighted by molar-refractivity contribution is 5.89. The smallest absolute Gasteiger partial charge is 0.329 e. The van der Waals surface area contributed by atoms with Crippen LogP contribution in [0.25, 0.3) is 0 Å². The van der Waals surface area contributed by atoms with Crippen LogP contribution in [0.2, 0.25) is 0 Å². The highest BCUT2D eigenvalue weighted by atomic mass is 16.5. The number of urea groups is 1. The van der Waals surface area contributed by atoms with Crippen molar-refractivity contribution in [1.82, 2.24) is 10.2 Å². The lowest BCUT2D eigenvalue weighted by molar-refractivity contribution is -0.140. The SMILES string of the molecule is C[C@@H]1CN(C(=O)NC2(C(=O)O)CC2)C[C@H](C)O1. The van der Waals surface area contributed by atoms with Gasteiger partial charge in [-0.05, 0) is 26.7 Å². The first-order valence-electron chi connectivity index (χ1n) is 5.89. The highest BCUT2D eigenvalue weighted by Crippen LogP contribution is 2.35. The van der Waals surface area contributed by atoms with Crippen LogP contribution in [-0.2, 0) is 9.53 Å². The number of hydrogen-bond donors (Lipinski definition) is 2. The van der Waals surface area contributed by atoms with Crippen LogP contribution in [-0.4, -0.2) is 52.8 Å². The summed E-state index contributed by atoms with van der Waals surface area (Å²) in [6, 6.07) is -0.299. The molecule has 0 bridgehead atoms. The summed E-state index contributed by atoms with van der Waals surface area (Å²) < 4.78 is 5.52. The number of nitrogens with zero attached hydrogens (tertiary/aromatic N) is 1. The van der Waals surface area contributed by atoms with E-state index in [4.69, 9.17) is 9.84 Å². The molecule has 0 radical (unpaired) electrons. The Bertz CT molecular complexity index is 330. The van der Waals surface area contributed by atoms with Crippen molar-refractivity contribution in [2.45, 2.75) is 44.4 Å². The lowest BCUT2D eigenvalue weighted by atomic mass is 10.2. The van der Waals surface area contributed by atoms with Gasteiger partial charge >= 0.3 is 12.0 Å². The predicted molar refractivity (Wildman–Crippen MR) is 59.7 cm³/mol. The van der Waals surface area contributed by atoms with Crippen LogP contribution in [0, 0.1) is 0 Å². The van der Waals surface area contributed by atoms with E-state index >= 15 is 0 Å². The van der Waals surface area contributed by atoms with E-state index in [-0.39, 0.29) is 18.2 Å². The van der Waals surface area contributed by atoms with Crippen molar-refractivity contribution in [2.24, 2.45) is 0 Å². The molecule has 2 N–H and O–H groups in total. The molecule has 6 nitrogen and oxygen atoms in total. The second-order valence-electron chi connectivity index (χ2n) is 4.98. The third kappa shape index (κ3) is 2.52. The number of amides is 2. The number of carbonyl (C=O) groups excluding carboxylic acids is 1. The van der Waals surface area contributed by atoms with E-state index in [0.717, 1.165) is 0 Å². The number of rotatable bonds is 2. The number of aliphatic carboxylic acids is 1. The summed E-state index contributed by atoms with van der Waals surface area (Å²) in [5.41, 5.74) is -1.01. The van der Waals surface area contributed by atoms with Crippen LogP contribution in [0.1, 0.15) is 26.7 Å². The quantitative estimate of drug-likeness (QED) is 0.735. The average Bonchev–Trinajstić information content (AvgIpc) is 2.97. The molecule has 0 aromatic carbocycles. The molecule has 0 aromatic rings. The van der Waals surface area contributed by atoms with Gasteiger partial charge in [-0.3, -0.25) is 0 Å². The van der Waals surface area contributed by atoms with Gasteiger partial charge in [-0.25, -0.2) is 9.59 Å². The number of morpholine rings is 1. The Hall–Kier alpha value is -1.30. The average molecular weight is 242 g/mol. The van der Waals surface area contributed by atoms with Gasteiger partial charge in [0.25, 0.3) is 0 Å². The molecule has 0 unspecified atom stereocenters. The lowest BCUT2D eigenvalue weighted by Crippen LogP contribution is -2.55. The Balaban J connectivity index is 1.94. The molecule has 1 heterocycles. The molecule has 1 aliphatic carbocycles. The van der Waals surface area contributed by atoms with Crippen molar-refractivity contribution in [3.05, 3.63) is 0 Å². The van der Waals surface area contributed by atoms with Crippen LogP contribution in [0.5, 0.6) is 0 Å². The Morgan fingerprint density at radius 1 is 1.29 bits per heavy atom. The molecule has 6 heteroatoms. The molecule has 0 spiro atoms. The van der Waals surface area contributed by atoms with Gasteiger partial charge in [0, 0.05) is 13.1 Å². The van der Waals surface area contributed by atoms with Gasteiger partial charge in [-0.2, -0.15) is 0 Å². The second kappa shape index (κ2) is 4.18. The summed E-state index contributed by atoms with van der Waals surface area (Å²) >= 11 is 0. The van der Waals surface area contributed by atoms with E-state index in [2.05, 4.69) is 5.32 Å². The third-order valence-corrected chi connectivity index (χ3v) is 3.21. The Morgan fingerprint density at radius 2 is 1.82 bits per heavy atom. The molecule has 17 heavy (non-hydrogen) atoms. The van der Waals surface area contributed by atoms with Crippen LogP contribution < -0.4 is 5.32 Å². The molecular weight excluding hydrogens is 224 g/mol. The van der Waals surface area contributed by atoms with Crippen molar-refractivity contribution < 1.29 is 19.4 Å². The molecule has 1 aliphatic heterocycles. The Morgan fingerprint density at radius 3 is 2.24 bits per heavy atom. The van der Waals surface area contributed by atoms with Crippen molar-refractivity contribution >= 4 is 12.0 Å². The van der Waals surface area contributed by atoms with Gasteiger partial charge in [0.2, 0.25) is 0 Å². The van der Waals surface area contributed by atoms with Crippen LogP contribution in [0.15, 0.2) is 0 Å². The van der Waals surface area contributed by atoms with Gasteiger partial charge in [0.1, 0.15) is 5.54 Å². The molecule has 2 aliphatic rings. The maximum atomic E-state index is 11.9. The fourth-order valence-electron chi connectivity index (χ4n) is 2.14. The minimum Gasteiger partial charge on any atom is -0.480 e. The number of carboxylic acids is 1. The first kappa shape index (κ1) is 12.2. The van der Waals surface area contributed by atoms with Crippen LogP contribution in [0.4, 0.5) is 4.79 Å². The number of nitrogens with one attached hydrogen (secondary N) is 1. The summed E-state index contributed by atoms with van der Waals surface area (Å²) in [5.74, 6) is -0.944. The number of ether oxygens (including phenoxy) is 1. The van der Waals surface area contributed by atoms with E-state index in [1.54, 1.807) is 4.90 Å². The molecule has 2 fully saturated rings. The Kier molecular flexibility index (Phi) is 2.99. The molecule has 2 atom stereocenters. The molecule has 1 saturated heterocycles. The number of hydrogen-bond acceptors (Lipinski definition) is 3. The van der Waals surface area contributed by atoms with E-state index < -0.39 is 11.5 Å². The lowest BCUT2D eigenvalue weighted by Gasteiger charge is -2.35. The topological polar surface area (TPSA) is 78.9 Å². The molecular formula is C11H18N2O4. The van der Waals surface area contributed by atoms with Crippen molar-refractivity contribution in [2.75, 3.05) is 13.1 Å². The largest absolute Gasteiger partial charge is 0.480 e. The number of carbonyl (C=O) groups is 2. The fourth-order valence-corrected chi connectivity index (χ4v) is 2.14. The first-order chi connectivity index (χ1) is 7.93. The summed E-state index contributed by atoms with van der Waals surface area (Å²) in [7, 11) is 0. The van der Waals surface area contributed by atoms with Gasteiger partial charge in [0.15, 0.2) is 0 Å². The summed E-state index contributed by atoms with van der Waals surface area (Å²) in [6.07, 6.45) is 1.02. The van der Waals surface area contributed by atoms with E-state index in [1.165, 1.54) is 0 Å². The van der Waals surface area contributed by atoms with E-state index in [9.17, 15) is 9.59 Å². The van der Waals surface area contributed by atoms with Crippen molar-refractivity contribution in [3.8, 4) is 0 Å². The maximum absolute atomic E-state index is 11.9. The zero-order valence-electron chi connectivity index (χ0n) is 10.1. The molecule has 2 rings (SSSR count). The monoisotopic (exact) mass is 242 g/mol. The zero-order chi connectivity index (χ0) is 12.6. The van der Waals surface area contributed by atoms with Crippen molar-refractivity contribution in [1.29, 1.82) is 0 Å². The molecule has 0 aromatic heterocycles. The molecule has 96 valence electrons. The van der Waals surface area contributed by atoms with Gasteiger partial charge in [0.05, 0.1) is 12.2 Å². The minimum absolute atomic E-state index is 0.00974. The third-order valence-electron chi connectivity index (χ3n) is 3.21. The standard InChI is InChI=1S/C11H18N2O4/c1-7-5-13(6-8(2)17-7)10(16)12-11(3-4-11)9(14)15/h7-8H,3-6H2,1-2H3,(H,12,16)(H,14,15)/t7-,8+. The molecule has 2 amide bonds. The van der Waals surface area contributed by atoms with Gasteiger partial charge in [-0.15, -0.1) is 0 Å². The van der Waals surface area contributed by atoms with E-state index in [1.807, 2.05) is 13.8 Å². The van der Waals surface area contributed by atoms with Crippen LogP contribution >= 0.6 is 0 Å². The first-order valence-corrected chi connectivity index (χ1v) is 5.89. The fraction of sp³-hybridized carbons (Fsp3) is 0.818. The van der Waals surface area contributed by atoms with Crippen molar-refractivity contribution in [3.63, 3.8) is 0 Å². The minimum atomic E-state index is -1.01. The van der Waals surface area contributed by atoms with Gasteiger partial charge in [-0.1, -0.05) is 0 Å². The highest BCUT2D eigenvalue weighted by Gasteiger charge is 2.52. The summed E-state index contributed by atoms with van der Waals surface area (Å²) in [6.45, 7) is 4.82. The number of carboxylic acid groups (broad SMARTS) is 1. The normalized spacial score (nSPS) is 30.8. The van der Waals surface area contributed by atoms with Gasteiger partial charge < -0.3 is 20.1 Å². The second-order valence-corrected chi connectivity index (χ2v) is 4.98.